The third kappa shape index (κ3) is 1.73. The molecule has 0 atom stereocenters. The van der Waals surface area contributed by atoms with E-state index in [0.717, 1.165) is 17.5 Å². The van der Waals surface area contributed by atoms with Gasteiger partial charge in [-0.15, -0.1) is 5.10 Å². The molecule has 4 heteroatoms. The van der Waals surface area contributed by atoms with Gasteiger partial charge >= 0.3 is 0 Å². The van der Waals surface area contributed by atoms with Gasteiger partial charge in [0, 0.05) is 25.6 Å². The largest absolute Gasteiger partial charge is 0.352 e. The van der Waals surface area contributed by atoms with Crippen LogP contribution in [0.1, 0.15) is 6.92 Å². The third-order valence-electron chi connectivity index (χ3n) is 1.24. The van der Waals surface area contributed by atoms with Crippen molar-refractivity contribution >= 4 is 23.1 Å². The number of thioether (sulfide) groups is 1. The Kier molecular flexibility index (Phi) is 2.74. The van der Waals surface area contributed by atoms with E-state index in [-0.39, 0.29) is 0 Å². The van der Waals surface area contributed by atoms with Gasteiger partial charge < -0.3 is 4.90 Å². The highest BCUT2D eigenvalue weighted by atomic mass is 32.2. The number of hydrogen-bond donors (Lipinski definition) is 0. The second-order valence-corrected chi connectivity index (χ2v) is 3.09. The summed E-state index contributed by atoms with van der Waals surface area (Å²) in [7, 11) is 2.03. The fourth-order valence-electron chi connectivity index (χ4n) is 0.692. The molecule has 0 N–H and O–H groups in total. The Morgan fingerprint density at radius 1 is 1.70 bits per heavy atom. The Bertz CT molecular complexity index is 164. The molecule has 0 saturated carbocycles. The standard InChI is InChI=1S/C6H11N3S/c1-3-7-8-6-9(2)4-5-10-6/h3H,4-5H2,1-2H3/b7-3+,8-6-. The molecule has 0 radical (unpaired) electrons. The highest BCUT2D eigenvalue weighted by Crippen LogP contribution is 2.15. The van der Waals surface area contributed by atoms with Crippen molar-refractivity contribution in [3.63, 3.8) is 0 Å². The topological polar surface area (TPSA) is 28.0 Å². The summed E-state index contributed by atoms with van der Waals surface area (Å²) in [6.45, 7) is 2.95. The SMILES string of the molecule is C/C=N/N=C1\SCCN1C. The molecule has 10 heavy (non-hydrogen) atoms. The molecule has 0 amide bonds. The first-order chi connectivity index (χ1) is 4.84. The molecule has 0 unspecified atom stereocenters. The van der Waals surface area contributed by atoms with Crippen molar-refractivity contribution in [1.82, 2.24) is 4.90 Å². The van der Waals surface area contributed by atoms with Gasteiger partial charge in [-0.05, 0) is 6.92 Å². The molecule has 0 bridgehead atoms. The van der Waals surface area contributed by atoms with E-state index in [1.807, 2.05) is 14.0 Å². The maximum absolute atomic E-state index is 4.00. The van der Waals surface area contributed by atoms with Gasteiger partial charge in [-0.2, -0.15) is 5.10 Å². The van der Waals surface area contributed by atoms with E-state index in [4.69, 9.17) is 0 Å². The van der Waals surface area contributed by atoms with Crippen molar-refractivity contribution < 1.29 is 0 Å². The van der Waals surface area contributed by atoms with Crippen LogP contribution in [0.3, 0.4) is 0 Å². The van der Waals surface area contributed by atoms with Crippen LogP contribution >= 0.6 is 11.8 Å². The lowest BCUT2D eigenvalue weighted by molar-refractivity contribution is 0.561. The quantitative estimate of drug-likeness (QED) is 0.420. The molecular formula is C6H11N3S. The van der Waals surface area contributed by atoms with Crippen LogP contribution in [0.15, 0.2) is 10.2 Å². The molecular weight excluding hydrogens is 146 g/mol. The molecule has 1 aliphatic rings. The van der Waals surface area contributed by atoms with Crippen LogP contribution in [0.4, 0.5) is 0 Å². The van der Waals surface area contributed by atoms with E-state index in [0.29, 0.717) is 0 Å². The van der Waals surface area contributed by atoms with Crippen LogP contribution in [0.2, 0.25) is 0 Å². The van der Waals surface area contributed by atoms with E-state index >= 15 is 0 Å². The predicted octanol–water partition coefficient (Wildman–Crippen LogP) is 1.03. The van der Waals surface area contributed by atoms with Gasteiger partial charge in [0.15, 0.2) is 5.17 Å². The second-order valence-electron chi connectivity index (χ2n) is 2.03. The van der Waals surface area contributed by atoms with Gasteiger partial charge in [0.1, 0.15) is 0 Å². The summed E-state index contributed by atoms with van der Waals surface area (Å²) >= 11 is 1.75. The summed E-state index contributed by atoms with van der Waals surface area (Å²) < 4.78 is 0. The first-order valence-corrected chi connectivity index (χ1v) is 4.22. The highest BCUT2D eigenvalue weighted by Gasteiger charge is 2.13. The zero-order valence-corrected chi connectivity index (χ0v) is 7.06. The van der Waals surface area contributed by atoms with E-state index < -0.39 is 0 Å². The van der Waals surface area contributed by atoms with Gasteiger partial charge in [-0.25, -0.2) is 0 Å². The van der Waals surface area contributed by atoms with E-state index in [1.165, 1.54) is 0 Å². The molecule has 1 saturated heterocycles. The Morgan fingerprint density at radius 2 is 2.50 bits per heavy atom. The lowest BCUT2D eigenvalue weighted by atomic mass is 10.7. The minimum atomic E-state index is 1.03. The number of amidine groups is 1. The average molecular weight is 157 g/mol. The molecule has 0 aromatic rings. The highest BCUT2D eigenvalue weighted by molar-refractivity contribution is 8.14. The summed E-state index contributed by atoms with van der Waals surface area (Å²) in [5.41, 5.74) is 0. The summed E-state index contributed by atoms with van der Waals surface area (Å²) in [4.78, 5) is 2.11. The Balaban J connectivity index is 2.53. The van der Waals surface area contributed by atoms with Crippen molar-refractivity contribution in [3.8, 4) is 0 Å². The minimum Gasteiger partial charge on any atom is -0.352 e. The molecule has 1 fully saturated rings. The van der Waals surface area contributed by atoms with Crippen LogP contribution in [0.25, 0.3) is 0 Å². The lowest BCUT2D eigenvalue weighted by Gasteiger charge is -2.06. The maximum Gasteiger partial charge on any atom is 0.185 e. The number of rotatable bonds is 1. The monoisotopic (exact) mass is 157 g/mol. The molecule has 1 aliphatic heterocycles. The van der Waals surface area contributed by atoms with Gasteiger partial charge in [-0.3, -0.25) is 0 Å². The molecule has 0 spiro atoms. The molecule has 0 aromatic carbocycles. The van der Waals surface area contributed by atoms with Gasteiger partial charge in [0.25, 0.3) is 0 Å². The normalized spacial score (nSPS) is 23.4. The molecule has 1 heterocycles. The molecule has 1 rings (SSSR count). The average Bonchev–Trinajstić information content (AvgIpc) is 2.31. The zero-order valence-electron chi connectivity index (χ0n) is 6.24. The van der Waals surface area contributed by atoms with Crippen LogP contribution < -0.4 is 0 Å². The number of nitrogens with zero attached hydrogens (tertiary/aromatic N) is 3. The van der Waals surface area contributed by atoms with Crippen molar-refractivity contribution in [1.29, 1.82) is 0 Å². The van der Waals surface area contributed by atoms with Crippen LogP contribution in [0.5, 0.6) is 0 Å². The van der Waals surface area contributed by atoms with Crippen molar-refractivity contribution in [2.24, 2.45) is 10.2 Å². The summed E-state index contributed by atoms with van der Waals surface area (Å²) in [6.07, 6.45) is 1.69. The summed E-state index contributed by atoms with van der Waals surface area (Å²) in [6, 6.07) is 0. The Morgan fingerprint density at radius 3 is 3.00 bits per heavy atom. The van der Waals surface area contributed by atoms with E-state index in [2.05, 4.69) is 15.1 Å². The Labute approximate surface area is 65.2 Å². The van der Waals surface area contributed by atoms with Gasteiger partial charge in [0.05, 0.1) is 0 Å². The molecule has 56 valence electrons. The van der Waals surface area contributed by atoms with E-state index in [9.17, 15) is 0 Å². The smallest absolute Gasteiger partial charge is 0.185 e. The van der Waals surface area contributed by atoms with E-state index in [1.54, 1.807) is 18.0 Å². The van der Waals surface area contributed by atoms with Crippen molar-refractivity contribution in [3.05, 3.63) is 0 Å². The maximum atomic E-state index is 4.00. The molecule has 3 nitrogen and oxygen atoms in total. The number of hydrogen-bond acceptors (Lipinski definition) is 3. The van der Waals surface area contributed by atoms with Gasteiger partial charge in [-0.1, -0.05) is 11.8 Å². The van der Waals surface area contributed by atoms with Crippen LogP contribution in [-0.4, -0.2) is 35.6 Å². The molecule has 0 aliphatic carbocycles. The van der Waals surface area contributed by atoms with Crippen LogP contribution in [0, 0.1) is 0 Å². The first-order valence-electron chi connectivity index (χ1n) is 3.24. The summed E-state index contributed by atoms with van der Waals surface area (Å²) in [5, 5.41) is 8.83. The predicted molar refractivity (Wildman–Crippen MR) is 46.7 cm³/mol. The fourth-order valence-corrected chi connectivity index (χ4v) is 1.66. The molecule has 0 aromatic heterocycles. The lowest BCUT2D eigenvalue weighted by Crippen LogP contribution is -2.17. The van der Waals surface area contributed by atoms with Gasteiger partial charge in [0.2, 0.25) is 0 Å². The minimum absolute atomic E-state index is 1.03. The first kappa shape index (κ1) is 7.60. The van der Waals surface area contributed by atoms with Crippen LogP contribution in [-0.2, 0) is 0 Å². The Hall–Kier alpha value is -0.510. The van der Waals surface area contributed by atoms with Crippen molar-refractivity contribution in [2.75, 3.05) is 19.3 Å². The third-order valence-corrected chi connectivity index (χ3v) is 2.28. The zero-order chi connectivity index (χ0) is 7.40. The second kappa shape index (κ2) is 3.61. The fraction of sp³-hybridized carbons (Fsp3) is 0.667. The van der Waals surface area contributed by atoms with Crippen molar-refractivity contribution in [2.45, 2.75) is 6.92 Å². The summed E-state index contributed by atoms with van der Waals surface area (Å²) in [5.74, 6) is 1.13.